The lowest BCUT2D eigenvalue weighted by atomic mass is 10.0. The van der Waals surface area contributed by atoms with Gasteiger partial charge in [-0.3, -0.25) is 9.88 Å². The van der Waals surface area contributed by atoms with E-state index in [1.807, 2.05) is 24.3 Å². The number of nitrogens with zero attached hydrogens (tertiary/aromatic N) is 5. The van der Waals surface area contributed by atoms with Crippen molar-refractivity contribution in [3.8, 4) is 6.07 Å². The van der Waals surface area contributed by atoms with Crippen LogP contribution in [0.3, 0.4) is 0 Å². The number of ether oxygens (including phenoxy) is 1. The van der Waals surface area contributed by atoms with Gasteiger partial charge in [-0.25, -0.2) is 0 Å². The predicted molar refractivity (Wildman–Crippen MR) is 145 cm³/mol. The standard InChI is InChI=1S/C29H34N6O2/c1-20-15-35(28-7-5-21(12-30)29-27(28)3-2-8-32-29)18-26(37-20)17-34-10-9-33(16-25(34)19-36)24-6-4-22-13-31-14-23(22)11-24/h2-8,11,20,25-26,31,36H,9-10,13-19H2,1H3. The van der Waals surface area contributed by atoms with Crippen molar-refractivity contribution >= 4 is 22.3 Å². The summed E-state index contributed by atoms with van der Waals surface area (Å²) in [5, 5.41) is 24.2. The Hall–Kier alpha value is -3.22. The lowest BCUT2D eigenvalue weighted by Crippen LogP contribution is -2.59. The molecule has 3 atom stereocenters. The fraction of sp³-hybridized carbons (Fsp3) is 0.448. The molecule has 0 aliphatic carbocycles. The van der Waals surface area contributed by atoms with Gasteiger partial charge < -0.3 is 25.0 Å². The molecule has 37 heavy (non-hydrogen) atoms. The first-order valence-corrected chi connectivity index (χ1v) is 13.2. The van der Waals surface area contributed by atoms with E-state index in [9.17, 15) is 10.4 Å². The van der Waals surface area contributed by atoms with Crippen molar-refractivity contribution in [1.82, 2.24) is 15.2 Å². The van der Waals surface area contributed by atoms with Crippen LogP contribution in [0.2, 0.25) is 0 Å². The molecule has 0 amide bonds. The molecule has 0 bridgehead atoms. The van der Waals surface area contributed by atoms with Gasteiger partial charge >= 0.3 is 0 Å². The number of piperazine rings is 1. The van der Waals surface area contributed by atoms with Crippen LogP contribution >= 0.6 is 0 Å². The van der Waals surface area contributed by atoms with Crippen LogP contribution in [0, 0.1) is 11.3 Å². The molecule has 8 nitrogen and oxygen atoms in total. The Morgan fingerprint density at radius 3 is 2.84 bits per heavy atom. The molecule has 2 fully saturated rings. The van der Waals surface area contributed by atoms with Crippen molar-refractivity contribution < 1.29 is 9.84 Å². The van der Waals surface area contributed by atoms with E-state index in [1.165, 1.54) is 16.8 Å². The molecule has 0 spiro atoms. The molecule has 8 heteroatoms. The molecular formula is C29H34N6O2. The number of aliphatic hydroxyl groups excluding tert-OH is 1. The van der Waals surface area contributed by atoms with Crippen LogP contribution < -0.4 is 15.1 Å². The molecule has 6 rings (SSSR count). The number of rotatable bonds is 5. The topological polar surface area (TPSA) is 87.9 Å². The molecule has 0 radical (unpaired) electrons. The summed E-state index contributed by atoms with van der Waals surface area (Å²) in [6, 6.07) is 17.0. The Kier molecular flexibility index (Phi) is 6.70. The van der Waals surface area contributed by atoms with Gasteiger partial charge in [-0.05, 0) is 54.4 Å². The second kappa shape index (κ2) is 10.3. The summed E-state index contributed by atoms with van der Waals surface area (Å²) in [6.45, 7) is 9.08. The van der Waals surface area contributed by atoms with Crippen molar-refractivity contribution in [3.05, 3.63) is 65.4 Å². The zero-order valence-corrected chi connectivity index (χ0v) is 21.3. The van der Waals surface area contributed by atoms with Crippen LogP contribution in [0.25, 0.3) is 10.9 Å². The molecule has 2 saturated heterocycles. The number of nitrogens with one attached hydrogen (secondary N) is 1. The van der Waals surface area contributed by atoms with E-state index in [1.54, 1.807) is 6.20 Å². The van der Waals surface area contributed by atoms with Gasteiger partial charge in [-0.2, -0.15) is 5.26 Å². The fourth-order valence-corrected chi connectivity index (χ4v) is 6.15. The average Bonchev–Trinajstić information content (AvgIpc) is 3.40. The van der Waals surface area contributed by atoms with Crippen molar-refractivity contribution in [1.29, 1.82) is 5.26 Å². The van der Waals surface area contributed by atoms with Gasteiger partial charge in [0.1, 0.15) is 6.07 Å². The largest absolute Gasteiger partial charge is 0.395 e. The molecule has 4 heterocycles. The third-order valence-corrected chi connectivity index (χ3v) is 7.97. The summed E-state index contributed by atoms with van der Waals surface area (Å²) in [4.78, 5) is 11.7. The maximum Gasteiger partial charge on any atom is 0.101 e. The lowest BCUT2D eigenvalue weighted by molar-refractivity contribution is -0.0429. The van der Waals surface area contributed by atoms with Crippen LogP contribution in [0.1, 0.15) is 23.6 Å². The van der Waals surface area contributed by atoms with Crippen LogP contribution in [0.15, 0.2) is 48.7 Å². The molecule has 3 aliphatic rings. The molecule has 2 aromatic carbocycles. The second-order valence-corrected chi connectivity index (χ2v) is 10.5. The maximum absolute atomic E-state index is 10.3. The van der Waals surface area contributed by atoms with Gasteiger partial charge in [0.05, 0.1) is 35.9 Å². The normalized spacial score (nSPS) is 24.3. The number of morpholine rings is 1. The third-order valence-electron chi connectivity index (χ3n) is 7.97. The molecule has 3 unspecified atom stereocenters. The molecular weight excluding hydrogens is 464 g/mol. The zero-order valence-electron chi connectivity index (χ0n) is 21.3. The number of aliphatic hydroxyl groups is 1. The predicted octanol–water partition coefficient (Wildman–Crippen LogP) is 2.49. The minimum Gasteiger partial charge on any atom is -0.395 e. The number of nitriles is 1. The second-order valence-electron chi connectivity index (χ2n) is 10.5. The van der Waals surface area contributed by atoms with Crippen molar-refractivity contribution in [3.63, 3.8) is 0 Å². The number of hydrogen-bond acceptors (Lipinski definition) is 8. The summed E-state index contributed by atoms with van der Waals surface area (Å²) in [5.41, 5.74) is 6.46. The van der Waals surface area contributed by atoms with Gasteiger partial charge in [0.15, 0.2) is 0 Å². The first kappa shape index (κ1) is 24.1. The number of aromatic nitrogens is 1. The van der Waals surface area contributed by atoms with E-state index in [2.05, 4.69) is 56.2 Å². The highest BCUT2D eigenvalue weighted by atomic mass is 16.5. The molecule has 0 saturated carbocycles. The minimum atomic E-state index is 0.0257. The molecule has 1 aromatic heterocycles. The minimum absolute atomic E-state index is 0.0257. The van der Waals surface area contributed by atoms with E-state index in [4.69, 9.17) is 4.74 Å². The lowest BCUT2D eigenvalue weighted by Gasteiger charge is -2.45. The summed E-state index contributed by atoms with van der Waals surface area (Å²) in [5.74, 6) is 0. The molecule has 192 valence electrons. The first-order valence-electron chi connectivity index (χ1n) is 13.2. The maximum atomic E-state index is 10.3. The van der Waals surface area contributed by atoms with Crippen LogP contribution in [0.5, 0.6) is 0 Å². The summed E-state index contributed by atoms with van der Waals surface area (Å²) in [6.07, 6.45) is 1.85. The Morgan fingerprint density at radius 1 is 1.08 bits per heavy atom. The van der Waals surface area contributed by atoms with Crippen LogP contribution in [0.4, 0.5) is 11.4 Å². The van der Waals surface area contributed by atoms with Crippen molar-refractivity contribution in [2.45, 2.75) is 38.3 Å². The Labute approximate surface area is 218 Å². The van der Waals surface area contributed by atoms with Gasteiger partial charge in [0, 0.05) is 75.3 Å². The fourth-order valence-electron chi connectivity index (χ4n) is 6.15. The zero-order chi connectivity index (χ0) is 25.4. The summed E-state index contributed by atoms with van der Waals surface area (Å²) in [7, 11) is 0. The van der Waals surface area contributed by atoms with Gasteiger partial charge in [0.2, 0.25) is 0 Å². The number of fused-ring (bicyclic) bond motifs is 2. The van der Waals surface area contributed by atoms with Gasteiger partial charge in [-0.1, -0.05) is 6.07 Å². The van der Waals surface area contributed by atoms with Crippen molar-refractivity contribution in [2.24, 2.45) is 0 Å². The van der Waals surface area contributed by atoms with Crippen LogP contribution in [-0.2, 0) is 17.8 Å². The highest BCUT2D eigenvalue weighted by Gasteiger charge is 2.33. The number of pyridine rings is 1. The Bertz CT molecular complexity index is 1320. The van der Waals surface area contributed by atoms with E-state index < -0.39 is 0 Å². The number of hydrogen-bond donors (Lipinski definition) is 2. The summed E-state index contributed by atoms with van der Waals surface area (Å²) >= 11 is 0. The van der Waals surface area contributed by atoms with Gasteiger partial charge in [0.25, 0.3) is 0 Å². The molecule has 2 N–H and O–H groups in total. The average molecular weight is 499 g/mol. The Morgan fingerprint density at radius 2 is 1.97 bits per heavy atom. The third kappa shape index (κ3) is 4.76. The van der Waals surface area contributed by atoms with E-state index in [0.717, 1.165) is 68.9 Å². The highest BCUT2D eigenvalue weighted by molar-refractivity contribution is 5.95. The molecule has 3 aliphatic heterocycles. The quantitative estimate of drug-likeness (QED) is 0.555. The van der Waals surface area contributed by atoms with Crippen LogP contribution in [-0.4, -0.2) is 79.1 Å². The Balaban J connectivity index is 1.16. The van der Waals surface area contributed by atoms with E-state index in [-0.39, 0.29) is 24.9 Å². The smallest absolute Gasteiger partial charge is 0.101 e. The SMILES string of the molecule is CC1CN(c2ccc(C#N)c3ncccc23)CC(CN2CCN(c3ccc4c(c3)CNC4)CC2CO)O1. The van der Waals surface area contributed by atoms with Crippen molar-refractivity contribution in [2.75, 3.05) is 55.7 Å². The number of benzene rings is 2. The van der Waals surface area contributed by atoms with Gasteiger partial charge in [-0.15, -0.1) is 0 Å². The van der Waals surface area contributed by atoms with E-state index in [0.29, 0.717) is 5.56 Å². The molecule has 3 aromatic rings. The monoisotopic (exact) mass is 498 g/mol. The first-order chi connectivity index (χ1) is 18.1. The summed E-state index contributed by atoms with van der Waals surface area (Å²) < 4.78 is 6.40. The van der Waals surface area contributed by atoms with E-state index >= 15 is 0 Å². The highest BCUT2D eigenvalue weighted by Crippen LogP contribution is 2.31. The number of anilines is 2.